The van der Waals surface area contributed by atoms with E-state index in [0.717, 1.165) is 5.57 Å². The Morgan fingerprint density at radius 1 is 1.38 bits per heavy atom. The van der Waals surface area contributed by atoms with Crippen molar-refractivity contribution in [2.24, 2.45) is 0 Å². The Morgan fingerprint density at radius 2 is 2.06 bits per heavy atom. The molecule has 0 fully saturated rings. The molecule has 0 aliphatic carbocycles. The Kier molecular flexibility index (Phi) is 4.58. The van der Waals surface area contributed by atoms with Crippen molar-refractivity contribution < 1.29 is 9.53 Å². The largest absolute Gasteiger partial charge is 0.492 e. The Morgan fingerprint density at radius 3 is 2.69 bits per heavy atom. The van der Waals surface area contributed by atoms with Gasteiger partial charge in [0, 0.05) is 6.08 Å². The lowest BCUT2D eigenvalue weighted by Gasteiger charge is -2.09. The summed E-state index contributed by atoms with van der Waals surface area (Å²) in [4.78, 5) is 11.5. The zero-order valence-corrected chi connectivity index (χ0v) is 9.91. The first-order valence-corrected chi connectivity index (χ1v) is 5.31. The maximum absolute atomic E-state index is 11.5. The van der Waals surface area contributed by atoms with Crippen LogP contribution in [0.3, 0.4) is 0 Å². The first-order chi connectivity index (χ1) is 7.63. The highest BCUT2D eigenvalue weighted by molar-refractivity contribution is 6.00. The van der Waals surface area contributed by atoms with E-state index < -0.39 is 0 Å². The molecule has 0 aromatic heterocycles. The number of allylic oxidation sites excluding steroid dienone is 1. The second kappa shape index (κ2) is 5.95. The molecule has 0 aliphatic rings. The van der Waals surface area contributed by atoms with E-state index in [2.05, 4.69) is 5.32 Å². The summed E-state index contributed by atoms with van der Waals surface area (Å²) in [6.45, 7) is 6.26. The molecule has 0 radical (unpaired) electrons. The molecule has 1 rings (SSSR count). The summed E-state index contributed by atoms with van der Waals surface area (Å²) >= 11 is 0. The van der Waals surface area contributed by atoms with Crippen LogP contribution in [0.4, 0.5) is 5.69 Å². The quantitative estimate of drug-likeness (QED) is 0.790. The molecule has 86 valence electrons. The summed E-state index contributed by atoms with van der Waals surface area (Å²) < 4.78 is 5.41. The zero-order chi connectivity index (χ0) is 12.0. The molecular weight excluding hydrogens is 202 g/mol. The number of carbonyl (C=O) groups is 1. The number of ether oxygens (including phenoxy) is 1. The second-order valence-corrected chi connectivity index (χ2v) is 3.64. The molecule has 1 aromatic rings. The minimum absolute atomic E-state index is 0.132. The van der Waals surface area contributed by atoms with Crippen molar-refractivity contribution in [3.05, 3.63) is 35.9 Å². The van der Waals surface area contributed by atoms with Crippen molar-refractivity contribution in [3.8, 4) is 5.75 Å². The van der Waals surface area contributed by atoms with Gasteiger partial charge in [-0.2, -0.15) is 0 Å². The van der Waals surface area contributed by atoms with Crippen molar-refractivity contribution >= 4 is 11.6 Å². The van der Waals surface area contributed by atoms with E-state index in [1.54, 1.807) is 6.08 Å². The van der Waals surface area contributed by atoms with Gasteiger partial charge in [-0.05, 0) is 32.9 Å². The summed E-state index contributed by atoms with van der Waals surface area (Å²) in [5.74, 6) is 0.563. The fraction of sp³-hybridized carbons (Fsp3) is 0.308. The molecule has 0 bridgehead atoms. The topological polar surface area (TPSA) is 38.3 Å². The van der Waals surface area contributed by atoms with Crippen molar-refractivity contribution in [3.63, 3.8) is 0 Å². The van der Waals surface area contributed by atoms with Gasteiger partial charge in [-0.25, -0.2) is 0 Å². The SMILES string of the molecule is CCOc1ccccc1NC(=O)C=C(C)C. The Balaban J connectivity index is 2.80. The predicted molar refractivity (Wildman–Crippen MR) is 65.7 cm³/mol. The third-order valence-electron chi connectivity index (χ3n) is 1.86. The number of para-hydroxylation sites is 2. The third-order valence-corrected chi connectivity index (χ3v) is 1.86. The molecule has 0 unspecified atom stereocenters. The Bertz CT molecular complexity index is 393. The van der Waals surface area contributed by atoms with Gasteiger partial charge in [-0.15, -0.1) is 0 Å². The van der Waals surface area contributed by atoms with Crippen LogP contribution in [0.15, 0.2) is 35.9 Å². The Labute approximate surface area is 96.1 Å². The average Bonchev–Trinajstić information content (AvgIpc) is 2.20. The molecule has 0 spiro atoms. The minimum atomic E-state index is -0.132. The van der Waals surface area contributed by atoms with Crippen LogP contribution in [0.25, 0.3) is 0 Å². The van der Waals surface area contributed by atoms with Gasteiger partial charge < -0.3 is 10.1 Å². The highest BCUT2D eigenvalue weighted by atomic mass is 16.5. The number of benzene rings is 1. The van der Waals surface area contributed by atoms with Crippen LogP contribution in [-0.4, -0.2) is 12.5 Å². The van der Waals surface area contributed by atoms with Crippen LogP contribution in [0, 0.1) is 0 Å². The molecular formula is C13H17NO2. The second-order valence-electron chi connectivity index (χ2n) is 3.64. The van der Waals surface area contributed by atoms with E-state index in [1.807, 2.05) is 45.0 Å². The molecule has 0 saturated heterocycles. The number of nitrogens with one attached hydrogen (secondary N) is 1. The first-order valence-electron chi connectivity index (χ1n) is 5.31. The van der Waals surface area contributed by atoms with E-state index in [1.165, 1.54) is 0 Å². The van der Waals surface area contributed by atoms with Gasteiger partial charge in [-0.1, -0.05) is 17.7 Å². The van der Waals surface area contributed by atoms with Crippen molar-refractivity contribution in [2.45, 2.75) is 20.8 Å². The van der Waals surface area contributed by atoms with Crippen molar-refractivity contribution in [1.82, 2.24) is 0 Å². The number of carbonyl (C=O) groups excluding carboxylic acids is 1. The molecule has 3 nitrogen and oxygen atoms in total. The molecule has 1 amide bonds. The lowest BCUT2D eigenvalue weighted by molar-refractivity contribution is -0.112. The lowest BCUT2D eigenvalue weighted by atomic mass is 10.2. The number of hydrogen-bond donors (Lipinski definition) is 1. The van der Waals surface area contributed by atoms with E-state index >= 15 is 0 Å². The number of amides is 1. The van der Waals surface area contributed by atoms with Gasteiger partial charge in [0.25, 0.3) is 0 Å². The minimum Gasteiger partial charge on any atom is -0.492 e. The third kappa shape index (κ3) is 3.77. The van der Waals surface area contributed by atoms with E-state index in [0.29, 0.717) is 18.0 Å². The lowest BCUT2D eigenvalue weighted by Crippen LogP contribution is -2.09. The zero-order valence-electron chi connectivity index (χ0n) is 9.91. The average molecular weight is 219 g/mol. The van der Waals surface area contributed by atoms with Crippen LogP contribution < -0.4 is 10.1 Å². The first kappa shape index (κ1) is 12.3. The van der Waals surface area contributed by atoms with Crippen LogP contribution >= 0.6 is 0 Å². The predicted octanol–water partition coefficient (Wildman–Crippen LogP) is 2.99. The highest BCUT2D eigenvalue weighted by Gasteiger charge is 2.04. The number of rotatable bonds is 4. The summed E-state index contributed by atoms with van der Waals surface area (Å²) in [6.07, 6.45) is 1.56. The molecule has 0 atom stereocenters. The molecule has 1 aromatic carbocycles. The fourth-order valence-electron chi connectivity index (χ4n) is 1.28. The summed E-state index contributed by atoms with van der Waals surface area (Å²) in [5.41, 5.74) is 1.67. The molecule has 0 aliphatic heterocycles. The van der Waals surface area contributed by atoms with Gasteiger partial charge in [0.1, 0.15) is 5.75 Å². The van der Waals surface area contributed by atoms with E-state index in [9.17, 15) is 4.79 Å². The maximum atomic E-state index is 11.5. The van der Waals surface area contributed by atoms with Crippen molar-refractivity contribution in [2.75, 3.05) is 11.9 Å². The summed E-state index contributed by atoms with van der Waals surface area (Å²) in [6, 6.07) is 7.39. The summed E-state index contributed by atoms with van der Waals surface area (Å²) in [7, 11) is 0. The standard InChI is InChI=1S/C13H17NO2/c1-4-16-12-8-6-5-7-11(12)14-13(15)9-10(2)3/h5-9H,4H2,1-3H3,(H,14,15). The van der Waals surface area contributed by atoms with Gasteiger partial charge in [0.15, 0.2) is 0 Å². The normalized spacial score (nSPS) is 9.44. The molecule has 1 N–H and O–H groups in total. The highest BCUT2D eigenvalue weighted by Crippen LogP contribution is 2.23. The fourth-order valence-corrected chi connectivity index (χ4v) is 1.28. The maximum Gasteiger partial charge on any atom is 0.248 e. The van der Waals surface area contributed by atoms with Gasteiger partial charge in [0.05, 0.1) is 12.3 Å². The van der Waals surface area contributed by atoms with Crippen LogP contribution in [0.1, 0.15) is 20.8 Å². The molecule has 0 heterocycles. The smallest absolute Gasteiger partial charge is 0.248 e. The van der Waals surface area contributed by atoms with Gasteiger partial charge in [0.2, 0.25) is 5.91 Å². The van der Waals surface area contributed by atoms with Gasteiger partial charge >= 0.3 is 0 Å². The molecule has 16 heavy (non-hydrogen) atoms. The van der Waals surface area contributed by atoms with Crippen LogP contribution in [0.5, 0.6) is 5.75 Å². The van der Waals surface area contributed by atoms with Crippen molar-refractivity contribution in [1.29, 1.82) is 0 Å². The van der Waals surface area contributed by atoms with Crippen LogP contribution in [-0.2, 0) is 4.79 Å². The van der Waals surface area contributed by atoms with E-state index in [-0.39, 0.29) is 5.91 Å². The number of anilines is 1. The molecule has 0 saturated carbocycles. The van der Waals surface area contributed by atoms with Gasteiger partial charge in [-0.3, -0.25) is 4.79 Å². The summed E-state index contributed by atoms with van der Waals surface area (Å²) in [5, 5.41) is 2.79. The van der Waals surface area contributed by atoms with Crippen LogP contribution in [0.2, 0.25) is 0 Å². The molecule has 3 heteroatoms. The monoisotopic (exact) mass is 219 g/mol. The van der Waals surface area contributed by atoms with E-state index in [4.69, 9.17) is 4.74 Å². The number of hydrogen-bond acceptors (Lipinski definition) is 2. The Hall–Kier alpha value is -1.77.